The monoisotopic (exact) mass is 427 g/mol. The predicted molar refractivity (Wildman–Crippen MR) is 119 cm³/mol. The molecule has 1 N–H and O–H groups in total. The summed E-state index contributed by atoms with van der Waals surface area (Å²) in [6.45, 7) is 6.63. The number of nitrogens with one attached hydrogen (secondary N) is 1. The summed E-state index contributed by atoms with van der Waals surface area (Å²) in [6.07, 6.45) is 6.14. The summed E-state index contributed by atoms with van der Waals surface area (Å²) >= 11 is 1.71. The second-order valence-electron chi connectivity index (χ2n) is 8.25. The van der Waals surface area contributed by atoms with Gasteiger partial charge in [0.1, 0.15) is 5.54 Å². The van der Waals surface area contributed by atoms with Gasteiger partial charge in [-0.05, 0) is 30.9 Å². The first-order valence-electron chi connectivity index (χ1n) is 10.7. The van der Waals surface area contributed by atoms with Crippen LogP contribution in [0.5, 0.6) is 0 Å². The molecule has 2 fully saturated rings. The van der Waals surface area contributed by atoms with Gasteiger partial charge in [0.05, 0.1) is 11.8 Å². The van der Waals surface area contributed by atoms with Gasteiger partial charge in [0.15, 0.2) is 0 Å². The van der Waals surface area contributed by atoms with Crippen molar-refractivity contribution in [3.05, 3.63) is 42.5 Å². The van der Waals surface area contributed by atoms with Crippen molar-refractivity contribution in [3.63, 3.8) is 0 Å². The molecule has 0 aromatic heterocycles. The van der Waals surface area contributed by atoms with E-state index in [4.69, 9.17) is 0 Å². The molecule has 0 unspecified atom stereocenters. The number of thioether (sulfide) groups is 1. The SMILES string of the molecule is C=CCN1C(=O)[C@]2(N[C@H](CCSC)[C@H]3C(=O)N(CCCC)C(=O)[C@@H]32)c2ccccc21. The first kappa shape index (κ1) is 21.1. The van der Waals surface area contributed by atoms with Gasteiger partial charge < -0.3 is 4.90 Å². The zero-order chi connectivity index (χ0) is 21.5. The lowest BCUT2D eigenvalue weighted by atomic mass is 9.76. The Morgan fingerprint density at radius 1 is 1.20 bits per heavy atom. The number of carbonyl (C=O) groups is 3. The van der Waals surface area contributed by atoms with E-state index in [9.17, 15) is 14.4 Å². The van der Waals surface area contributed by atoms with Gasteiger partial charge >= 0.3 is 0 Å². The maximum atomic E-state index is 13.8. The third-order valence-corrected chi connectivity index (χ3v) is 7.28. The molecule has 3 aliphatic heterocycles. The molecular weight excluding hydrogens is 398 g/mol. The third kappa shape index (κ3) is 2.86. The minimum Gasteiger partial charge on any atom is -0.306 e. The van der Waals surface area contributed by atoms with Crippen LogP contribution in [0.1, 0.15) is 31.7 Å². The number of anilines is 1. The average Bonchev–Trinajstić information content (AvgIpc) is 3.31. The molecule has 4 rings (SSSR count). The zero-order valence-corrected chi connectivity index (χ0v) is 18.4. The number of benzene rings is 1. The van der Waals surface area contributed by atoms with Crippen molar-refractivity contribution in [1.29, 1.82) is 0 Å². The molecule has 3 amide bonds. The summed E-state index contributed by atoms with van der Waals surface area (Å²) in [5.41, 5.74) is 0.421. The van der Waals surface area contributed by atoms with E-state index in [-0.39, 0.29) is 23.8 Å². The molecule has 4 atom stereocenters. The minimum atomic E-state index is -1.18. The van der Waals surface area contributed by atoms with Crippen molar-refractivity contribution in [2.24, 2.45) is 11.8 Å². The molecule has 1 aromatic carbocycles. The lowest BCUT2D eigenvalue weighted by Crippen LogP contribution is -2.55. The number of nitrogens with zero attached hydrogens (tertiary/aromatic N) is 2. The fourth-order valence-corrected chi connectivity index (χ4v) is 5.84. The lowest BCUT2D eigenvalue weighted by molar-refractivity contribution is -0.143. The number of likely N-dealkylation sites (tertiary alicyclic amines) is 1. The first-order chi connectivity index (χ1) is 14.5. The van der Waals surface area contributed by atoms with Gasteiger partial charge in [-0.2, -0.15) is 11.8 Å². The fourth-order valence-electron chi connectivity index (χ4n) is 5.35. The molecule has 30 heavy (non-hydrogen) atoms. The van der Waals surface area contributed by atoms with Gasteiger partial charge in [-0.25, -0.2) is 0 Å². The van der Waals surface area contributed by atoms with E-state index < -0.39 is 17.4 Å². The number of amides is 3. The van der Waals surface area contributed by atoms with E-state index in [0.717, 1.165) is 36.3 Å². The van der Waals surface area contributed by atoms with Crippen LogP contribution in [0, 0.1) is 11.8 Å². The van der Waals surface area contributed by atoms with Crippen molar-refractivity contribution < 1.29 is 14.4 Å². The summed E-state index contributed by atoms with van der Waals surface area (Å²) in [4.78, 5) is 43.9. The Labute approximate surface area is 182 Å². The Bertz CT molecular complexity index is 888. The highest BCUT2D eigenvalue weighted by atomic mass is 32.2. The number of para-hydroxylation sites is 1. The van der Waals surface area contributed by atoms with Crippen LogP contribution < -0.4 is 10.2 Å². The normalized spacial score (nSPS) is 29.8. The Kier molecular flexibility index (Phi) is 5.77. The van der Waals surface area contributed by atoms with Gasteiger partial charge in [-0.1, -0.05) is 37.6 Å². The smallest absolute Gasteiger partial charge is 0.253 e. The standard InChI is InChI=1S/C23H29N3O3S/c1-4-6-13-26-20(27)18-16(11-14-30-3)24-23(19(18)21(26)28)15-9-7-8-10-17(15)25(12-5-2)22(23)29/h5,7-10,16,18-19,24H,2,4,6,11-14H2,1,3H3/t16-,18-,19-,23+/m1/s1. The first-order valence-corrected chi connectivity index (χ1v) is 12.1. The molecule has 3 heterocycles. The van der Waals surface area contributed by atoms with E-state index in [0.29, 0.717) is 13.1 Å². The van der Waals surface area contributed by atoms with Crippen molar-refractivity contribution in [2.75, 3.05) is 30.0 Å². The predicted octanol–water partition coefficient (Wildman–Crippen LogP) is 2.54. The van der Waals surface area contributed by atoms with Crippen molar-refractivity contribution >= 4 is 35.2 Å². The van der Waals surface area contributed by atoms with Gasteiger partial charge in [-0.3, -0.25) is 24.6 Å². The fraction of sp³-hybridized carbons (Fsp3) is 0.522. The van der Waals surface area contributed by atoms with Crippen molar-refractivity contribution in [3.8, 4) is 0 Å². The second-order valence-corrected chi connectivity index (χ2v) is 9.23. The van der Waals surface area contributed by atoms with Crippen molar-refractivity contribution in [2.45, 2.75) is 37.8 Å². The zero-order valence-electron chi connectivity index (χ0n) is 17.6. The van der Waals surface area contributed by atoms with Crippen LogP contribution in [0.25, 0.3) is 0 Å². The van der Waals surface area contributed by atoms with Gasteiger partial charge in [0.2, 0.25) is 11.8 Å². The van der Waals surface area contributed by atoms with Crippen LogP contribution in [0.15, 0.2) is 36.9 Å². The number of hydrogen-bond donors (Lipinski definition) is 1. The molecule has 0 aliphatic carbocycles. The number of imide groups is 1. The molecule has 0 saturated carbocycles. The minimum absolute atomic E-state index is 0.124. The van der Waals surface area contributed by atoms with Crippen LogP contribution in [0.2, 0.25) is 0 Å². The molecule has 2 saturated heterocycles. The summed E-state index contributed by atoms with van der Waals surface area (Å²) in [5, 5.41) is 3.53. The average molecular weight is 428 g/mol. The van der Waals surface area contributed by atoms with Crippen LogP contribution in [0.3, 0.4) is 0 Å². The number of hydrogen-bond acceptors (Lipinski definition) is 5. The Balaban J connectivity index is 1.83. The highest BCUT2D eigenvalue weighted by molar-refractivity contribution is 7.98. The molecular formula is C23H29N3O3S. The Morgan fingerprint density at radius 3 is 2.67 bits per heavy atom. The van der Waals surface area contributed by atoms with Gasteiger partial charge in [0.25, 0.3) is 5.91 Å². The van der Waals surface area contributed by atoms with E-state index in [2.05, 4.69) is 11.9 Å². The van der Waals surface area contributed by atoms with Crippen LogP contribution in [-0.2, 0) is 19.9 Å². The van der Waals surface area contributed by atoms with E-state index in [1.54, 1.807) is 22.7 Å². The van der Waals surface area contributed by atoms with Gasteiger partial charge in [0, 0.05) is 30.4 Å². The maximum absolute atomic E-state index is 13.8. The lowest BCUT2D eigenvalue weighted by Gasteiger charge is -2.30. The summed E-state index contributed by atoms with van der Waals surface area (Å²) in [5.74, 6) is -0.815. The van der Waals surface area contributed by atoms with Crippen LogP contribution in [-0.4, -0.2) is 53.8 Å². The summed E-state index contributed by atoms with van der Waals surface area (Å²) in [7, 11) is 0. The Hall–Kier alpha value is -2.12. The molecule has 1 aromatic rings. The molecule has 1 spiro atoms. The summed E-state index contributed by atoms with van der Waals surface area (Å²) in [6, 6.07) is 7.42. The number of fused-ring (bicyclic) bond motifs is 4. The number of carbonyl (C=O) groups excluding carboxylic acids is 3. The van der Waals surface area contributed by atoms with Crippen LogP contribution in [0.4, 0.5) is 5.69 Å². The Morgan fingerprint density at radius 2 is 1.97 bits per heavy atom. The summed E-state index contributed by atoms with van der Waals surface area (Å²) < 4.78 is 0. The van der Waals surface area contributed by atoms with Crippen LogP contribution >= 0.6 is 11.8 Å². The highest BCUT2D eigenvalue weighted by Gasteiger charge is 2.71. The quantitative estimate of drug-likeness (QED) is 0.510. The second kappa shape index (κ2) is 8.19. The highest BCUT2D eigenvalue weighted by Crippen LogP contribution is 2.55. The molecule has 3 aliphatic rings. The molecule has 0 bridgehead atoms. The molecule has 6 nitrogen and oxygen atoms in total. The van der Waals surface area contributed by atoms with E-state index in [1.807, 2.05) is 37.4 Å². The topological polar surface area (TPSA) is 69.7 Å². The molecule has 0 radical (unpaired) electrons. The largest absolute Gasteiger partial charge is 0.306 e. The van der Waals surface area contributed by atoms with E-state index in [1.165, 1.54) is 4.90 Å². The third-order valence-electron chi connectivity index (χ3n) is 6.64. The molecule has 160 valence electrons. The van der Waals surface area contributed by atoms with Crippen molar-refractivity contribution in [1.82, 2.24) is 10.2 Å². The number of rotatable bonds is 8. The molecule has 7 heteroatoms. The number of unbranched alkanes of at least 4 members (excludes halogenated alkanes) is 1. The van der Waals surface area contributed by atoms with E-state index >= 15 is 0 Å². The maximum Gasteiger partial charge on any atom is 0.253 e. The van der Waals surface area contributed by atoms with Gasteiger partial charge in [-0.15, -0.1) is 6.58 Å².